The number of pyridine rings is 1. The Morgan fingerprint density at radius 3 is 2.61 bits per heavy atom. The SMILES string of the molecule is CC(=O)OCC(=O)N1CCN(c2cccc(-c3cnc4ccc(N5CCCC5c5cccc(F)c5)nn34)n2)CC1C(F)(F)F. The lowest BCUT2D eigenvalue weighted by molar-refractivity contribution is -0.192. The molecule has 2 unspecified atom stereocenters. The third-order valence-corrected chi connectivity index (χ3v) is 7.93. The Kier molecular flexibility index (Phi) is 7.82. The van der Waals surface area contributed by atoms with Gasteiger partial charge in [-0.1, -0.05) is 18.2 Å². The number of fused-ring (bicyclic) bond motifs is 1. The van der Waals surface area contributed by atoms with E-state index < -0.39 is 37.2 Å². The number of nitrogens with zero attached hydrogens (tertiary/aromatic N) is 7. The van der Waals surface area contributed by atoms with Crippen molar-refractivity contribution in [2.75, 3.05) is 42.6 Å². The number of carbonyl (C=O) groups is 2. The fourth-order valence-corrected chi connectivity index (χ4v) is 5.85. The van der Waals surface area contributed by atoms with Crippen LogP contribution in [0, 0.1) is 5.82 Å². The van der Waals surface area contributed by atoms with Gasteiger partial charge < -0.3 is 19.4 Å². The average molecular weight is 612 g/mol. The number of aromatic nitrogens is 4. The lowest BCUT2D eigenvalue weighted by atomic mass is 10.0. The number of ether oxygens (including phenoxy) is 1. The van der Waals surface area contributed by atoms with E-state index >= 15 is 0 Å². The zero-order valence-electron chi connectivity index (χ0n) is 23.7. The molecule has 2 aliphatic rings. The highest BCUT2D eigenvalue weighted by molar-refractivity contribution is 5.80. The standard InChI is InChI=1S/C30H29F4N7O3/c1-19(42)44-18-29(43)40-14-13-38(17-25(40)30(32,33)34)27-9-3-7-22(36-27)24-16-35-26-10-11-28(37-41(24)26)39-12-4-8-23(39)20-5-2-6-21(31)15-20/h2-3,5-7,9-11,15-16,23,25H,4,8,12-14,17-18H2,1H3. The number of anilines is 2. The van der Waals surface area contributed by atoms with Gasteiger partial charge >= 0.3 is 12.1 Å². The molecule has 0 saturated carbocycles. The van der Waals surface area contributed by atoms with Gasteiger partial charge in [0.1, 0.15) is 29.2 Å². The fraction of sp³-hybridized carbons (Fsp3) is 0.367. The van der Waals surface area contributed by atoms with Crippen molar-refractivity contribution in [3.8, 4) is 11.4 Å². The quantitative estimate of drug-likeness (QED) is 0.234. The number of hydrogen-bond acceptors (Lipinski definition) is 8. The van der Waals surface area contributed by atoms with Crippen molar-refractivity contribution in [2.24, 2.45) is 0 Å². The molecule has 14 heteroatoms. The van der Waals surface area contributed by atoms with Gasteiger partial charge in [0.15, 0.2) is 12.3 Å². The highest BCUT2D eigenvalue weighted by Crippen LogP contribution is 2.36. The first-order valence-electron chi connectivity index (χ1n) is 14.2. The van der Waals surface area contributed by atoms with Crippen LogP contribution in [0.2, 0.25) is 0 Å². The second-order valence-corrected chi connectivity index (χ2v) is 10.8. The van der Waals surface area contributed by atoms with E-state index in [4.69, 9.17) is 5.10 Å². The first-order valence-corrected chi connectivity index (χ1v) is 14.2. The smallest absolute Gasteiger partial charge is 0.410 e. The molecule has 2 atom stereocenters. The summed E-state index contributed by atoms with van der Waals surface area (Å²) in [6.07, 6.45) is -1.33. The zero-order chi connectivity index (χ0) is 31.0. The van der Waals surface area contributed by atoms with Gasteiger partial charge in [-0.3, -0.25) is 9.59 Å². The van der Waals surface area contributed by atoms with Crippen molar-refractivity contribution in [1.82, 2.24) is 24.5 Å². The molecule has 230 valence electrons. The fourth-order valence-electron chi connectivity index (χ4n) is 5.85. The third kappa shape index (κ3) is 5.88. The second-order valence-electron chi connectivity index (χ2n) is 10.8. The van der Waals surface area contributed by atoms with Crippen LogP contribution in [0.4, 0.5) is 29.2 Å². The topological polar surface area (TPSA) is 96.2 Å². The maximum Gasteiger partial charge on any atom is 0.410 e. The first-order chi connectivity index (χ1) is 21.1. The molecule has 0 radical (unpaired) electrons. The van der Waals surface area contributed by atoms with E-state index in [1.807, 2.05) is 18.2 Å². The number of rotatable bonds is 6. The number of imidazole rings is 1. The van der Waals surface area contributed by atoms with E-state index in [1.165, 1.54) is 11.0 Å². The second kappa shape index (κ2) is 11.7. The molecule has 0 aliphatic carbocycles. The largest absolute Gasteiger partial charge is 0.456 e. The summed E-state index contributed by atoms with van der Waals surface area (Å²) in [6.45, 7) is 0.422. The number of hydrogen-bond donors (Lipinski definition) is 0. The summed E-state index contributed by atoms with van der Waals surface area (Å²) >= 11 is 0. The maximum atomic E-state index is 14.0. The monoisotopic (exact) mass is 611 g/mol. The minimum atomic E-state index is -4.71. The van der Waals surface area contributed by atoms with Crippen LogP contribution in [-0.4, -0.2) is 81.4 Å². The Balaban J connectivity index is 1.26. The van der Waals surface area contributed by atoms with E-state index in [0.717, 1.165) is 31.9 Å². The molecule has 0 N–H and O–H groups in total. The molecule has 0 spiro atoms. The Morgan fingerprint density at radius 2 is 1.84 bits per heavy atom. The summed E-state index contributed by atoms with van der Waals surface area (Å²) in [6, 6.07) is 13.2. The highest BCUT2D eigenvalue weighted by Gasteiger charge is 2.48. The summed E-state index contributed by atoms with van der Waals surface area (Å²) in [5.74, 6) is -0.961. The molecule has 3 aromatic heterocycles. The minimum Gasteiger partial charge on any atom is -0.456 e. The summed E-state index contributed by atoms with van der Waals surface area (Å²) in [4.78, 5) is 36.9. The number of esters is 1. The molecular formula is C30H29F4N7O3. The number of halogens is 4. The predicted molar refractivity (Wildman–Crippen MR) is 152 cm³/mol. The van der Waals surface area contributed by atoms with Crippen molar-refractivity contribution in [1.29, 1.82) is 0 Å². The molecule has 5 heterocycles. The number of carbonyl (C=O) groups excluding carboxylic acids is 2. The van der Waals surface area contributed by atoms with Gasteiger partial charge in [-0.2, -0.15) is 13.2 Å². The Labute approximate surface area is 249 Å². The normalized spacial score (nSPS) is 19.1. The van der Waals surface area contributed by atoms with Crippen LogP contribution in [0.25, 0.3) is 17.0 Å². The predicted octanol–water partition coefficient (Wildman–Crippen LogP) is 4.41. The van der Waals surface area contributed by atoms with Crippen LogP contribution in [0.3, 0.4) is 0 Å². The maximum absolute atomic E-state index is 14.0. The zero-order valence-corrected chi connectivity index (χ0v) is 23.7. The average Bonchev–Trinajstić information content (AvgIpc) is 3.67. The molecule has 2 aliphatic heterocycles. The summed E-state index contributed by atoms with van der Waals surface area (Å²) in [5, 5.41) is 4.84. The first kappa shape index (κ1) is 29.3. The van der Waals surface area contributed by atoms with E-state index in [2.05, 4.69) is 19.6 Å². The number of alkyl halides is 3. The van der Waals surface area contributed by atoms with Gasteiger partial charge in [0.2, 0.25) is 0 Å². The Hall–Kier alpha value is -4.75. The van der Waals surface area contributed by atoms with Gasteiger partial charge in [-0.05, 0) is 54.8 Å². The van der Waals surface area contributed by atoms with Crippen molar-refractivity contribution in [3.63, 3.8) is 0 Å². The van der Waals surface area contributed by atoms with Crippen molar-refractivity contribution < 1.29 is 31.9 Å². The molecule has 10 nitrogen and oxygen atoms in total. The molecule has 44 heavy (non-hydrogen) atoms. The lowest BCUT2D eigenvalue weighted by Crippen LogP contribution is -2.61. The molecule has 2 fully saturated rings. The third-order valence-electron chi connectivity index (χ3n) is 7.93. The Bertz CT molecular complexity index is 1690. The molecule has 0 bridgehead atoms. The van der Waals surface area contributed by atoms with Crippen molar-refractivity contribution >= 4 is 29.2 Å². The molecule has 2 saturated heterocycles. The van der Waals surface area contributed by atoms with Crippen LogP contribution in [0.15, 0.2) is 60.8 Å². The number of piperazine rings is 1. The van der Waals surface area contributed by atoms with E-state index in [9.17, 15) is 27.2 Å². The van der Waals surface area contributed by atoms with Crippen LogP contribution >= 0.6 is 0 Å². The van der Waals surface area contributed by atoms with Crippen LogP contribution in [-0.2, 0) is 14.3 Å². The van der Waals surface area contributed by atoms with E-state index in [0.29, 0.717) is 33.6 Å². The lowest BCUT2D eigenvalue weighted by Gasteiger charge is -2.42. The highest BCUT2D eigenvalue weighted by atomic mass is 19.4. The van der Waals surface area contributed by atoms with Gasteiger partial charge in [-0.15, -0.1) is 5.10 Å². The molecule has 1 amide bonds. The van der Waals surface area contributed by atoms with E-state index in [1.54, 1.807) is 41.0 Å². The van der Waals surface area contributed by atoms with Gasteiger partial charge in [0.25, 0.3) is 5.91 Å². The summed E-state index contributed by atoms with van der Waals surface area (Å²) < 4.78 is 62.4. The van der Waals surface area contributed by atoms with Gasteiger partial charge in [0.05, 0.1) is 17.9 Å². The van der Waals surface area contributed by atoms with E-state index in [-0.39, 0.29) is 24.9 Å². The minimum absolute atomic E-state index is 0.0368. The Morgan fingerprint density at radius 1 is 1.02 bits per heavy atom. The molecular weight excluding hydrogens is 582 g/mol. The van der Waals surface area contributed by atoms with Crippen LogP contribution < -0.4 is 9.80 Å². The molecule has 4 aromatic rings. The molecule has 6 rings (SSSR count). The van der Waals surface area contributed by atoms with Crippen molar-refractivity contribution in [2.45, 2.75) is 38.0 Å². The van der Waals surface area contributed by atoms with Crippen LogP contribution in [0.5, 0.6) is 0 Å². The summed E-state index contributed by atoms with van der Waals surface area (Å²) in [5.41, 5.74) is 2.44. The number of benzene rings is 1. The van der Waals surface area contributed by atoms with Gasteiger partial charge in [0, 0.05) is 33.1 Å². The van der Waals surface area contributed by atoms with Crippen LogP contribution in [0.1, 0.15) is 31.4 Å². The molecule has 1 aromatic carbocycles. The van der Waals surface area contributed by atoms with Crippen molar-refractivity contribution in [3.05, 3.63) is 72.2 Å². The summed E-state index contributed by atoms with van der Waals surface area (Å²) in [7, 11) is 0. The van der Waals surface area contributed by atoms with Gasteiger partial charge in [-0.25, -0.2) is 18.9 Å². The number of amides is 1.